The van der Waals surface area contributed by atoms with E-state index >= 15 is 0 Å². The van der Waals surface area contributed by atoms with Crippen LogP contribution >= 0.6 is 0 Å². The van der Waals surface area contributed by atoms with E-state index in [9.17, 15) is 15.0 Å². The molecule has 3 N–H and O–H groups in total. The van der Waals surface area contributed by atoms with Gasteiger partial charge in [0.05, 0.1) is 18.2 Å². The molecule has 0 radical (unpaired) electrons. The highest BCUT2D eigenvalue weighted by Crippen LogP contribution is 2.37. The minimum absolute atomic E-state index is 0.0827. The second-order valence-electron chi connectivity index (χ2n) is 6.87. The maximum Gasteiger partial charge on any atom is 0.333 e. The molecule has 2 aromatic rings. The number of hydrogen-bond acceptors (Lipinski definition) is 5. The molecule has 1 unspecified atom stereocenters. The maximum atomic E-state index is 12.3. The normalized spacial score (nSPS) is 12.7. The van der Waals surface area contributed by atoms with E-state index in [1.54, 1.807) is 37.3 Å². The quantitative estimate of drug-likeness (QED) is 0.612. The molecule has 6 nitrogen and oxygen atoms in total. The summed E-state index contributed by atoms with van der Waals surface area (Å²) < 4.78 is 5.80. The van der Waals surface area contributed by atoms with E-state index in [1.807, 2.05) is 26.0 Å². The van der Waals surface area contributed by atoms with Crippen molar-refractivity contribution in [1.29, 1.82) is 5.26 Å². The molecule has 1 atom stereocenters. The van der Waals surface area contributed by atoms with E-state index in [1.165, 1.54) is 0 Å². The first-order valence-corrected chi connectivity index (χ1v) is 9.25. The van der Waals surface area contributed by atoms with Gasteiger partial charge in [0, 0.05) is 11.3 Å². The van der Waals surface area contributed by atoms with Gasteiger partial charge in [-0.05, 0) is 56.2 Å². The predicted molar refractivity (Wildman–Crippen MR) is 108 cm³/mol. The average molecular weight is 382 g/mol. The highest BCUT2D eigenvalue weighted by Gasteiger charge is 2.39. The molecule has 2 rings (SSSR count). The first-order chi connectivity index (χ1) is 13.3. The molecule has 148 valence electrons. The van der Waals surface area contributed by atoms with Crippen LogP contribution in [0.25, 0.3) is 0 Å². The summed E-state index contributed by atoms with van der Waals surface area (Å²) >= 11 is 0. The van der Waals surface area contributed by atoms with E-state index in [0.717, 1.165) is 24.0 Å². The smallest absolute Gasteiger partial charge is 0.333 e. The van der Waals surface area contributed by atoms with Crippen LogP contribution < -0.4 is 10.1 Å². The number of nitrogens with one attached hydrogen (secondary N) is 1. The number of aliphatic hydroxyl groups excluding tert-OH is 1. The standard InChI is InChI=1S/C22H26N2O4/c1-4-5-17-12-15(2)13-19(20(17)28-11-10-25)22(3,21(26)27)24-18-8-6-16(14-23)7-9-18/h6-9,12-13,24-25H,4-5,10-11H2,1-3H3,(H,26,27). The van der Waals surface area contributed by atoms with Crippen molar-refractivity contribution >= 4 is 11.7 Å². The van der Waals surface area contributed by atoms with Crippen molar-refractivity contribution in [1.82, 2.24) is 0 Å². The topological polar surface area (TPSA) is 103 Å². The number of aliphatic hydroxyl groups is 1. The van der Waals surface area contributed by atoms with E-state index in [-0.39, 0.29) is 13.2 Å². The number of ether oxygens (including phenoxy) is 1. The molecular formula is C22H26N2O4. The van der Waals surface area contributed by atoms with Crippen LogP contribution in [0.1, 0.15) is 42.5 Å². The number of rotatable bonds is 9. The van der Waals surface area contributed by atoms with Crippen molar-refractivity contribution in [2.45, 2.75) is 39.2 Å². The summed E-state index contributed by atoms with van der Waals surface area (Å²) in [7, 11) is 0. The molecule has 0 heterocycles. The molecule has 0 aromatic heterocycles. The molecule has 6 heteroatoms. The summed E-state index contributed by atoms with van der Waals surface area (Å²) in [5.74, 6) is -0.564. The van der Waals surface area contributed by atoms with E-state index in [0.29, 0.717) is 22.6 Å². The van der Waals surface area contributed by atoms with Crippen molar-refractivity contribution in [3.63, 3.8) is 0 Å². The Hall–Kier alpha value is -3.04. The van der Waals surface area contributed by atoms with Crippen molar-refractivity contribution < 1.29 is 19.7 Å². The molecule has 0 saturated carbocycles. The zero-order valence-electron chi connectivity index (χ0n) is 16.5. The molecule has 0 amide bonds. The summed E-state index contributed by atoms with van der Waals surface area (Å²) in [5, 5.41) is 31.3. The van der Waals surface area contributed by atoms with Crippen LogP contribution in [0.15, 0.2) is 36.4 Å². The largest absolute Gasteiger partial charge is 0.491 e. The molecule has 0 fully saturated rings. The fourth-order valence-electron chi connectivity index (χ4n) is 3.15. The van der Waals surface area contributed by atoms with Gasteiger partial charge in [0.25, 0.3) is 0 Å². The number of carboxylic acids is 1. The van der Waals surface area contributed by atoms with Crippen LogP contribution in [-0.2, 0) is 16.8 Å². The lowest BCUT2D eigenvalue weighted by Gasteiger charge is -2.31. The third-order valence-corrected chi connectivity index (χ3v) is 4.54. The molecule has 2 aromatic carbocycles. The summed E-state index contributed by atoms with van der Waals surface area (Å²) in [5.41, 5.74) is 1.96. The fraction of sp³-hybridized carbons (Fsp3) is 0.364. The van der Waals surface area contributed by atoms with Gasteiger partial charge in [-0.2, -0.15) is 5.26 Å². The number of benzene rings is 2. The average Bonchev–Trinajstić information content (AvgIpc) is 2.67. The lowest BCUT2D eigenvalue weighted by atomic mass is 9.87. The molecule has 0 aliphatic carbocycles. The van der Waals surface area contributed by atoms with Gasteiger partial charge in [0.15, 0.2) is 5.54 Å². The Balaban J connectivity index is 2.59. The van der Waals surface area contributed by atoms with E-state index in [2.05, 4.69) is 5.32 Å². The highest BCUT2D eigenvalue weighted by molar-refractivity contribution is 5.85. The molecule has 0 aliphatic heterocycles. The lowest BCUT2D eigenvalue weighted by molar-refractivity contribution is -0.142. The number of nitrogens with zero attached hydrogens (tertiary/aromatic N) is 1. The Bertz CT molecular complexity index is 871. The van der Waals surface area contributed by atoms with Crippen molar-refractivity contribution in [3.05, 3.63) is 58.7 Å². The second kappa shape index (κ2) is 9.25. The van der Waals surface area contributed by atoms with Crippen LogP contribution in [0.3, 0.4) is 0 Å². The van der Waals surface area contributed by atoms with Crippen LogP contribution in [0.4, 0.5) is 5.69 Å². The number of carboxylic acid groups (broad SMARTS) is 1. The van der Waals surface area contributed by atoms with Gasteiger partial charge in [-0.15, -0.1) is 0 Å². The Morgan fingerprint density at radius 1 is 1.29 bits per heavy atom. The number of anilines is 1. The van der Waals surface area contributed by atoms with Gasteiger partial charge in [-0.25, -0.2) is 4.79 Å². The maximum absolute atomic E-state index is 12.3. The minimum atomic E-state index is -1.46. The first kappa shape index (κ1) is 21.3. The van der Waals surface area contributed by atoms with Crippen LogP contribution in [0, 0.1) is 18.3 Å². The predicted octanol–water partition coefficient (Wildman–Crippen LogP) is 3.60. The van der Waals surface area contributed by atoms with Crippen LogP contribution in [-0.4, -0.2) is 29.4 Å². The van der Waals surface area contributed by atoms with Gasteiger partial charge in [-0.3, -0.25) is 0 Å². The van der Waals surface area contributed by atoms with Gasteiger partial charge >= 0.3 is 5.97 Å². The molecule has 0 saturated heterocycles. The Morgan fingerprint density at radius 3 is 2.50 bits per heavy atom. The van der Waals surface area contributed by atoms with Gasteiger partial charge < -0.3 is 20.3 Å². The van der Waals surface area contributed by atoms with Gasteiger partial charge in [-0.1, -0.05) is 25.0 Å². The first-order valence-electron chi connectivity index (χ1n) is 9.25. The van der Waals surface area contributed by atoms with Gasteiger partial charge in [0.1, 0.15) is 12.4 Å². The summed E-state index contributed by atoms with van der Waals surface area (Å²) in [6.07, 6.45) is 1.62. The minimum Gasteiger partial charge on any atom is -0.491 e. The van der Waals surface area contributed by atoms with E-state index < -0.39 is 11.5 Å². The summed E-state index contributed by atoms with van der Waals surface area (Å²) in [6, 6.07) is 12.5. The van der Waals surface area contributed by atoms with Crippen molar-refractivity contribution in [2.24, 2.45) is 0 Å². The second-order valence-corrected chi connectivity index (χ2v) is 6.87. The molecule has 0 bridgehead atoms. The molecule has 0 spiro atoms. The zero-order chi connectivity index (χ0) is 20.7. The third-order valence-electron chi connectivity index (χ3n) is 4.54. The third kappa shape index (κ3) is 4.62. The highest BCUT2D eigenvalue weighted by atomic mass is 16.5. The Morgan fingerprint density at radius 2 is 1.96 bits per heavy atom. The van der Waals surface area contributed by atoms with Gasteiger partial charge in [0.2, 0.25) is 0 Å². The number of aryl methyl sites for hydroxylation is 2. The molecule has 0 aliphatic rings. The number of aliphatic carboxylic acids is 1. The lowest BCUT2D eigenvalue weighted by Crippen LogP contribution is -2.41. The fourth-order valence-corrected chi connectivity index (χ4v) is 3.15. The van der Waals surface area contributed by atoms with Crippen LogP contribution in [0.2, 0.25) is 0 Å². The molecule has 28 heavy (non-hydrogen) atoms. The zero-order valence-corrected chi connectivity index (χ0v) is 16.5. The monoisotopic (exact) mass is 382 g/mol. The van der Waals surface area contributed by atoms with Crippen molar-refractivity contribution in [3.8, 4) is 11.8 Å². The Kier molecular flexibility index (Phi) is 7.02. The van der Waals surface area contributed by atoms with Crippen LogP contribution in [0.5, 0.6) is 5.75 Å². The number of nitriles is 1. The SMILES string of the molecule is CCCc1cc(C)cc(C(C)(Nc2ccc(C#N)cc2)C(=O)O)c1OCCO. The Labute approximate surface area is 165 Å². The van der Waals surface area contributed by atoms with E-state index in [4.69, 9.17) is 10.00 Å². The summed E-state index contributed by atoms with van der Waals surface area (Å²) in [6.45, 7) is 5.47. The molecular weight excluding hydrogens is 356 g/mol. The number of carbonyl (C=O) groups is 1. The summed E-state index contributed by atoms with van der Waals surface area (Å²) in [4.78, 5) is 12.3. The number of hydrogen-bond donors (Lipinski definition) is 3. The van der Waals surface area contributed by atoms with Crippen molar-refractivity contribution in [2.75, 3.05) is 18.5 Å².